The van der Waals surface area contributed by atoms with Gasteiger partial charge in [0.25, 0.3) is 0 Å². The Morgan fingerprint density at radius 3 is 2.46 bits per heavy atom. The first-order valence-electron chi connectivity index (χ1n) is 4.79. The van der Waals surface area contributed by atoms with Crippen molar-refractivity contribution in [3.05, 3.63) is 36.6 Å². The van der Waals surface area contributed by atoms with E-state index in [9.17, 15) is 0 Å². The molecule has 0 aromatic heterocycles. The van der Waals surface area contributed by atoms with E-state index in [1.165, 1.54) is 0 Å². The van der Waals surface area contributed by atoms with Crippen LogP contribution in [0.2, 0.25) is 0 Å². The molecule has 0 heterocycles. The summed E-state index contributed by atoms with van der Waals surface area (Å²) in [6, 6.07) is 0. The molecule has 0 aromatic carbocycles. The second kappa shape index (κ2) is 5.63. The molecule has 0 saturated carbocycles. The van der Waals surface area contributed by atoms with Crippen molar-refractivity contribution < 1.29 is 0 Å². The van der Waals surface area contributed by atoms with Crippen LogP contribution in [0.25, 0.3) is 0 Å². The third-order valence-corrected chi connectivity index (χ3v) is 2.09. The van der Waals surface area contributed by atoms with Crippen molar-refractivity contribution in [2.75, 3.05) is 0 Å². The molecule has 0 spiro atoms. The zero-order chi connectivity index (χ0) is 10.3. The van der Waals surface area contributed by atoms with E-state index in [1.54, 1.807) is 6.08 Å². The standard InChI is InChI=1S/C12H21N/c1-6-9-10-11(7-2)13-12(4,5)8-3/h6-7,9-10,13H,1,8H2,2-5H3/b10-9-,11-7+. The summed E-state index contributed by atoms with van der Waals surface area (Å²) >= 11 is 0. The van der Waals surface area contributed by atoms with Gasteiger partial charge in [0.05, 0.1) is 0 Å². The highest BCUT2D eigenvalue weighted by molar-refractivity contribution is 5.20. The molecule has 0 aromatic rings. The normalized spacial score (nSPS) is 13.4. The predicted molar refractivity (Wildman–Crippen MR) is 60.6 cm³/mol. The molecule has 1 nitrogen and oxygen atoms in total. The van der Waals surface area contributed by atoms with Gasteiger partial charge in [0.2, 0.25) is 0 Å². The number of rotatable bonds is 5. The molecule has 0 rings (SSSR count). The Bertz CT molecular complexity index is 209. The molecular formula is C12H21N. The first-order chi connectivity index (χ1) is 6.05. The van der Waals surface area contributed by atoms with Crippen LogP contribution in [0, 0.1) is 0 Å². The van der Waals surface area contributed by atoms with Crippen molar-refractivity contribution in [3.63, 3.8) is 0 Å². The minimum atomic E-state index is 0.160. The third kappa shape index (κ3) is 5.29. The lowest BCUT2D eigenvalue weighted by Crippen LogP contribution is -2.37. The fourth-order valence-corrected chi connectivity index (χ4v) is 0.861. The Balaban J connectivity index is 4.30. The summed E-state index contributed by atoms with van der Waals surface area (Å²) in [5, 5.41) is 3.45. The number of allylic oxidation sites excluding steroid dienone is 4. The highest BCUT2D eigenvalue weighted by Gasteiger charge is 2.13. The maximum absolute atomic E-state index is 3.64. The topological polar surface area (TPSA) is 12.0 Å². The molecule has 1 heteroatoms. The second-order valence-corrected chi connectivity index (χ2v) is 3.70. The van der Waals surface area contributed by atoms with E-state index in [2.05, 4.69) is 38.7 Å². The fraction of sp³-hybridized carbons (Fsp3) is 0.500. The van der Waals surface area contributed by atoms with Crippen LogP contribution < -0.4 is 5.32 Å². The van der Waals surface area contributed by atoms with Gasteiger partial charge in [0, 0.05) is 11.2 Å². The van der Waals surface area contributed by atoms with Crippen LogP contribution in [-0.2, 0) is 0 Å². The molecule has 13 heavy (non-hydrogen) atoms. The van der Waals surface area contributed by atoms with Crippen LogP contribution in [0.3, 0.4) is 0 Å². The van der Waals surface area contributed by atoms with Gasteiger partial charge in [-0.05, 0) is 33.3 Å². The lowest BCUT2D eigenvalue weighted by atomic mass is 10.0. The molecule has 0 saturated heterocycles. The van der Waals surface area contributed by atoms with E-state index >= 15 is 0 Å². The van der Waals surface area contributed by atoms with Gasteiger partial charge in [0.15, 0.2) is 0 Å². The van der Waals surface area contributed by atoms with Crippen molar-refractivity contribution in [1.29, 1.82) is 0 Å². The van der Waals surface area contributed by atoms with Gasteiger partial charge in [0.1, 0.15) is 0 Å². The third-order valence-electron chi connectivity index (χ3n) is 2.09. The van der Waals surface area contributed by atoms with Crippen molar-refractivity contribution in [3.8, 4) is 0 Å². The Hall–Kier alpha value is -0.980. The van der Waals surface area contributed by atoms with Crippen LogP contribution in [0.5, 0.6) is 0 Å². The summed E-state index contributed by atoms with van der Waals surface area (Å²) in [6.07, 6.45) is 8.92. The molecule has 0 bridgehead atoms. The molecule has 0 unspecified atom stereocenters. The minimum Gasteiger partial charge on any atom is -0.380 e. The molecule has 0 aliphatic heterocycles. The highest BCUT2D eigenvalue weighted by atomic mass is 15.0. The molecule has 1 N–H and O–H groups in total. The van der Waals surface area contributed by atoms with Crippen LogP contribution in [0.4, 0.5) is 0 Å². The maximum atomic E-state index is 3.64. The minimum absolute atomic E-state index is 0.160. The molecular weight excluding hydrogens is 158 g/mol. The Kier molecular flexibility index (Phi) is 5.20. The Morgan fingerprint density at radius 1 is 1.46 bits per heavy atom. The van der Waals surface area contributed by atoms with Crippen LogP contribution in [-0.4, -0.2) is 5.54 Å². The second-order valence-electron chi connectivity index (χ2n) is 3.70. The van der Waals surface area contributed by atoms with Gasteiger partial charge < -0.3 is 5.32 Å². The Labute approximate surface area is 82.2 Å². The molecule has 0 aliphatic carbocycles. The number of hydrogen-bond acceptors (Lipinski definition) is 1. The van der Waals surface area contributed by atoms with Crippen molar-refractivity contribution >= 4 is 0 Å². The van der Waals surface area contributed by atoms with Crippen LogP contribution in [0.1, 0.15) is 34.1 Å². The van der Waals surface area contributed by atoms with E-state index in [4.69, 9.17) is 0 Å². The fourth-order valence-electron chi connectivity index (χ4n) is 0.861. The van der Waals surface area contributed by atoms with Crippen LogP contribution in [0.15, 0.2) is 36.6 Å². The van der Waals surface area contributed by atoms with Gasteiger partial charge in [-0.1, -0.05) is 31.7 Å². The van der Waals surface area contributed by atoms with Gasteiger partial charge in [-0.3, -0.25) is 0 Å². The zero-order valence-electron chi connectivity index (χ0n) is 9.22. The average Bonchev–Trinajstić information content (AvgIpc) is 2.12. The summed E-state index contributed by atoms with van der Waals surface area (Å²) in [5.74, 6) is 0. The maximum Gasteiger partial charge on any atom is 0.0314 e. The van der Waals surface area contributed by atoms with Gasteiger partial charge >= 0.3 is 0 Å². The van der Waals surface area contributed by atoms with Crippen molar-refractivity contribution in [2.24, 2.45) is 0 Å². The van der Waals surface area contributed by atoms with Crippen LogP contribution >= 0.6 is 0 Å². The molecule has 0 fully saturated rings. The van der Waals surface area contributed by atoms with E-state index in [1.807, 2.05) is 19.1 Å². The summed E-state index contributed by atoms with van der Waals surface area (Å²) in [6.45, 7) is 12.2. The monoisotopic (exact) mass is 179 g/mol. The van der Waals surface area contributed by atoms with Crippen molar-refractivity contribution in [1.82, 2.24) is 5.32 Å². The average molecular weight is 179 g/mol. The number of nitrogens with one attached hydrogen (secondary N) is 1. The van der Waals surface area contributed by atoms with Gasteiger partial charge in [-0.2, -0.15) is 0 Å². The highest BCUT2D eigenvalue weighted by Crippen LogP contribution is 2.10. The van der Waals surface area contributed by atoms with Gasteiger partial charge in [-0.15, -0.1) is 0 Å². The summed E-state index contributed by atoms with van der Waals surface area (Å²) in [7, 11) is 0. The molecule has 0 aliphatic rings. The van der Waals surface area contributed by atoms with E-state index in [-0.39, 0.29) is 5.54 Å². The lowest BCUT2D eigenvalue weighted by molar-refractivity contribution is 0.419. The van der Waals surface area contributed by atoms with E-state index < -0.39 is 0 Å². The molecule has 0 atom stereocenters. The smallest absolute Gasteiger partial charge is 0.0314 e. The molecule has 0 amide bonds. The SMILES string of the molecule is C=C/C=C\C(=C/C)NC(C)(C)CC. The number of hydrogen-bond donors (Lipinski definition) is 1. The molecule has 0 radical (unpaired) electrons. The lowest BCUT2D eigenvalue weighted by Gasteiger charge is -2.26. The largest absolute Gasteiger partial charge is 0.380 e. The zero-order valence-corrected chi connectivity index (χ0v) is 9.22. The Morgan fingerprint density at radius 2 is 2.08 bits per heavy atom. The summed E-state index contributed by atoms with van der Waals surface area (Å²) in [4.78, 5) is 0. The van der Waals surface area contributed by atoms with Crippen molar-refractivity contribution in [2.45, 2.75) is 39.7 Å². The predicted octanol–water partition coefficient (Wildman–Crippen LogP) is 3.41. The first kappa shape index (κ1) is 12.0. The molecule has 74 valence electrons. The quantitative estimate of drug-likeness (QED) is 0.638. The van der Waals surface area contributed by atoms with E-state index in [0.717, 1.165) is 12.1 Å². The van der Waals surface area contributed by atoms with Gasteiger partial charge in [-0.25, -0.2) is 0 Å². The van der Waals surface area contributed by atoms with E-state index in [0.29, 0.717) is 0 Å². The summed E-state index contributed by atoms with van der Waals surface area (Å²) in [5.41, 5.74) is 1.31. The summed E-state index contributed by atoms with van der Waals surface area (Å²) < 4.78 is 0. The first-order valence-corrected chi connectivity index (χ1v) is 4.79.